The minimum atomic E-state index is -0.107. The molecule has 0 atom stereocenters. The lowest BCUT2D eigenvalue weighted by Crippen LogP contribution is -2.11. The number of hydrogen-bond donors (Lipinski definition) is 1. The van der Waals surface area contributed by atoms with E-state index in [2.05, 4.69) is 34.8 Å². The Balaban J connectivity index is 1.74. The maximum atomic E-state index is 12.3. The first-order valence-electron chi connectivity index (χ1n) is 8.99. The van der Waals surface area contributed by atoms with Crippen molar-refractivity contribution in [3.8, 4) is 5.75 Å². The maximum absolute atomic E-state index is 12.3. The van der Waals surface area contributed by atoms with E-state index in [-0.39, 0.29) is 5.91 Å². The van der Waals surface area contributed by atoms with Gasteiger partial charge in [-0.1, -0.05) is 45.1 Å². The highest BCUT2D eigenvalue weighted by molar-refractivity contribution is 14.1. The number of carbonyl (C=O) groups excluding carboxylic acids is 1. The molecular weight excluding hydrogens is 425 g/mol. The Kier molecular flexibility index (Phi) is 8.80. The third-order valence-corrected chi connectivity index (χ3v) is 4.64. The summed E-state index contributed by atoms with van der Waals surface area (Å²) in [7, 11) is 0. The molecule has 0 radical (unpaired) electrons. The second-order valence-corrected chi connectivity index (χ2v) is 7.35. The highest BCUT2D eigenvalue weighted by Gasteiger charge is 2.06. The molecule has 4 heteroatoms. The van der Waals surface area contributed by atoms with Gasteiger partial charge in [0.2, 0.25) is 0 Å². The Morgan fingerprint density at radius 2 is 1.72 bits per heavy atom. The minimum Gasteiger partial charge on any atom is -0.494 e. The summed E-state index contributed by atoms with van der Waals surface area (Å²) in [5.74, 6) is 0.712. The molecule has 1 N–H and O–H groups in total. The van der Waals surface area contributed by atoms with E-state index in [1.165, 1.54) is 32.1 Å². The average molecular weight is 451 g/mol. The van der Waals surface area contributed by atoms with Crippen molar-refractivity contribution in [3.63, 3.8) is 0 Å². The second kappa shape index (κ2) is 11.1. The molecule has 0 saturated heterocycles. The number of hydrogen-bond acceptors (Lipinski definition) is 2. The van der Waals surface area contributed by atoms with Crippen molar-refractivity contribution < 1.29 is 9.53 Å². The van der Waals surface area contributed by atoms with E-state index in [9.17, 15) is 4.79 Å². The number of unbranched alkanes of at least 4 members (excludes halogenated alkanes) is 5. The van der Waals surface area contributed by atoms with E-state index < -0.39 is 0 Å². The van der Waals surface area contributed by atoms with Crippen molar-refractivity contribution >= 4 is 34.2 Å². The first-order chi connectivity index (χ1) is 12.2. The predicted molar refractivity (Wildman–Crippen MR) is 112 cm³/mol. The molecule has 2 aromatic carbocycles. The van der Waals surface area contributed by atoms with Crippen molar-refractivity contribution in [1.82, 2.24) is 0 Å². The molecule has 0 heterocycles. The Labute approximate surface area is 164 Å². The molecule has 0 aliphatic carbocycles. The topological polar surface area (TPSA) is 38.3 Å². The lowest BCUT2D eigenvalue weighted by Gasteiger charge is -2.08. The van der Waals surface area contributed by atoms with Crippen LogP contribution in [-0.4, -0.2) is 12.5 Å². The summed E-state index contributed by atoms with van der Waals surface area (Å²) in [6.07, 6.45) is 7.51. The van der Waals surface area contributed by atoms with Crippen LogP contribution < -0.4 is 10.1 Å². The number of carbonyl (C=O) groups is 1. The van der Waals surface area contributed by atoms with Gasteiger partial charge in [-0.25, -0.2) is 0 Å². The normalized spacial score (nSPS) is 10.5. The lowest BCUT2D eigenvalue weighted by molar-refractivity contribution is 0.102. The second-order valence-electron chi connectivity index (χ2n) is 6.11. The van der Waals surface area contributed by atoms with Gasteiger partial charge in [0.05, 0.1) is 6.61 Å². The fourth-order valence-corrected chi connectivity index (χ4v) is 3.09. The molecule has 134 valence electrons. The van der Waals surface area contributed by atoms with E-state index in [0.29, 0.717) is 5.56 Å². The van der Waals surface area contributed by atoms with Crippen LogP contribution in [-0.2, 0) is 0 Å². The zero-order chi connectivity index (χ0) is 17.9. The molecule has 0 aliphatic heterocycles. The lowest BCUT2D eigenvalue weighted by atomic mass is 10.1. The first kappa shape index (κ1) is 19.8. The SMILES string of the molecule is CCCCCCCCOc1ccc(C(=O)Nc2cccc(I)c2)cc1. The van der Waals surface area contributed by atoms with E-state index in [1.807, 2.05) is 36.4 Å². The summed E-state index contributed by atoms with van der Waals surface area (Å²) in [5.41, 5.74) is 1.44. The molecule has 3 nitrogen and oxygen atoms in total. The van der Waals surface area contributed by atoms with Crippen molar-refractivity contribution in [2.45, 2.75) is 45.4 Å². The number of anilines is 1. The van der Waals surface area contributed by atoms with Crippen molar-refractivity contribution in [2.24, 2.45) is 0 Å². The van der Waals surface area contributed by atoms with Gasteiger partial charge < -0.3 is 10.1 Å². The van der Waals surface area contributed by atoms with E-state index >= 15 is 0 Å². The molecule has 0 saturated carbocycles. The van der Waals surface area contributed by atoms with Gasteiger partial charge in [0.25, 0.3) is 5.91 Å². The monoisotopic (exact) mass is 451 g/mol. The number of benzene rings is 2. The van der Waals surface area contributed by atoms with Crippen LogP contribution in [0.25, 0.3) is 0 Å². The van der Waals surface area contributed by atoms with Gasteiger partial charge in [-0.2, -0.15) is 0 Å². The predicted octanol–water partition coefficient (Wildman–Crippen LogP) is 6.28. The molecule has 0 aromatic heterocycles. The number of ether oxygens (including phenoxy) is 1. The Hall–Kier alpha value is -1.56. The Morgan fingerprint density at radius 3 is 2.44 bits per heavy atom. The summed E-state index contributed by atoms with van der Waals surface area (Å²) in [6.45, 7) is 2.97. The van der Waals surface area contributed by atoms with Crippen molar-refractivity contribution in [1.29, 1.82) is 0 Å². The van der Waals surface area contributed by atoms with Crippen LogP contribution in [0.15, 0.2) is 48.5 Å². The van der Waals surface area contributed by atoms with Crippen molar-refractivity contribution in [2.75, 3.05) is 11.9 Å². The number of nitrogens with one attached hydrogen (secondary N) is 1. The van der Waals surface area contributed by atoms with Gasteiger partial charge >= 0.3 is 0 Å². The van der Waals surface area contributed by atoms with Gasteiger partial charge in [0.1, 0.15) is 5.75 Å². The van der Waals surface area contributed by atoms with Crippen LogP contribution in [0.3, 0.4) is 0 Å². The van der Waals surface area contributed by atoms with E-state index in [1.54, 1.807) is 12.1 Å². The van der Waals surface area contributed by atoms with Gasteiger partial charge in [0, 0.05) is 14.8 Å². The van der Waals surface area contributed by atoms with Gasteiger partial charge in [0.15, 0.2) is 0 Å². The van der Waals surface area contributed by atoms with Crippen LogP contribution >= 0.6 is 22.6 Å². The number of halogens is 1. The summed E-state index contributed by atoms with van der Waals surface area (Å²) >= 11 is 2.23. The third kappa shape index (κ3) is 7.46. The number of rotatable bonds is 10. The van der Waals surface area contributed by atoms with E-state index in [4.69, 9.17) is 4.74 Å². The quantitative estimate of drug-likeness (QED) is 0.341. The molecular formula is C21H26INO2. The molecule has 0 unspecified atom stereocenters. The molecule has 0 bridgehead atoms. The summed E-state index contributed by atoms with van der Waals surface area (Å²) < 4.78 is 6.84. The smallest absolute Gasteiger partial charge is 0.255 e. The average Bonchev–Trinajstić information content (AvgIpc) is 2.61. The summed E-state index contributed by atoms with van der Waals surface area (Å²) in [5, 5.41) is 2.91. The fourth-order valence-electron chi connectivity index (χ4n) is 2.54. The summed E-state index contributed by atoms with van der Waals surface area (Å²) in [6, 6.07) is 15.1. The molecule has 1 amide bonds. The molecule has 0 spiro atoms. The van der Waals surface area contributed by atoms with Crippen LogP contribution in [0.1, 0.15) is 55.8 Å². The highest BCUT2D eigenvalue weighted by Crippen LogP contribution is 2.16. The standard InChI is InChI=1S/C21H26INO2/c1-2-3-4-5-6-7-15-25-20-13-11-17(12-14-20)21(24)23-19-10-8-9-18(22)16-19/h8-14,16H,2-7,15H2,1H3,(H,23,24). The molecule has 2 aromatic rings. The van der Waals surface area contributed by atoms with Gasteiger partial charge in [-0.05, 0) is 71.5 Å². The van der Waals surface area contributed by atoms with Crippen LogP contribution in [0.4, 0.5) is 5.69 Å². The molecule has 25 heavy (non-hydrogen) atoms. The molecule has 0 fully saturated rings. The largest absolute Gasteiger partial charge is 0.494 e. The maximum Gasteiger partial charge on any atom is 0.255 e. The molecule has 2 rings (SSSR count). The molecule has 0 aliphatic rings. The minimum absolute atomic E-state index is 0.107. The fraction of sp³-hybridized carbons (Fsp3) is 0.381. The zero-order valence-corrected chi connectivity index (χ0v) is 16.9. The summed E-state index contributed by atoms with van der Waals surface area (Å²) in [4.78, 5) is 12.3. The van der Waals surface area contributed by atoms with Crippen molar-refractivity contribution in [3.05, 3.63) is 57.7 Å². The first-order valence-corrected chi connectivity index (χ1v) is 10.1. The van der Waals surface area contributed by atoms with Gasteiger partial charge in [-0.3, -0.25) is 4.79 Å². The van der Waals surface area contributed by atoms with Crippen LogP contribution in [0.5, 0.6) is 5.75 Å². The Bertz CT molecular complexity index is 655. The zero-order valence-electron chi connectivity index (χ0n) is 14.8. The highest BCUT2D eigenvalue weighted by atomic mass is 127. The Morgan fingerprint density at radius 1 is 1.00 bits per heavy atom. The van der Waals surface area contributed by atoms with Crippen LogP contribution in [0, 0.1) is 3.57 Å². The van der Waals surface area contributed by atoms with Crippen LogP contribution in [0.2, 0.25) is 0 Å². The van der Waals surface area contributed by atoms with E-state index in [0.717, 1.165) is 28.0 Å². The van der Waals surface area contributed by atoms with Gasteiger partial charge in [-0.15, -0.1) is 0 Å². The third-order valence-electron chi connectivity index (χ3n) is 3.97. The number of amides is 1.